The summed E-state index contributed by atoms with van der Waals surface area (Å²) in [5.74, 6) is -0.914. The zero-order valence-electron chi connectivity index (χ0n) is 30.5. The van der Waals surface area contributed by atoms with Crippen LogP contribution in [-0.2, 0) is 9.53 Å². The Balaban J connectivity index is -0.000000284. The first kappa shape index (κ1) is 51.5. The summed E-state index contributed by atoms with van der Waals surface area (Å²) in [5.41, 5.74) is 0. The van der Waals surface area contributed by atoms with E-state index in [0.717, 1.165) is 41.3 Å². The minimum atomic E-state index is -1.12. The summed E-state index contributed by atoms with van der Waals surface area (Å²) in [5, 5.41) is 45.7. The van der Waals surface area contributed by atoms with Crippen LogP contribution in [0.3, 0.4) is 0 Å². The third-order valence-corrected chi connectivity index (χ3v) is 6.75. The molecule has 0 aromatic heterocycles. The standard InChI is InChI=1S/C18H34O2.2C6H14N.C6H12O5.ClH/c1-2-3-4-5-6-7-8-9-10-11-12-13-14-15-16-17-18(19)20;2*1-5-6-7(2,3)4;7-1-3(8)6-5(10)4(9)2-11-6;/h9-10H,2-8,11-17H2,1H3,(H,19,20);2*5H,1,6H2,2-4H3;3-10H,1-2H2;1H/q;2*+1;;/p-2/b10-9-;;;;/t;;;3-,4+,5-,6-;/m...1./s1. The summed E-state index contributed by atoms with van der Waals surface area (Å²) in [6, 6.07) is 0. The van der Waals surface area contributed by atoms with Crippen molar-refractivity contribution < 1.29 is 56.4 Å². The monoisotopic (exact) mass is 681 g/mol. The third-order valence-electron chi connectivity index (χ3n) is 6.75. The van der Waals surface area contributed by atoms with Crippen molar-refractivity contribution in [1.29, 1.82) is 0 Å². The minimum absolute atomic E-state index is 0. The lowest BCUT2D eigenvalue weighted by atomic mass is 10.1. The van der Waals surface area contributed by atoms with Crippen LogP contribution in [0.15, 0.2) is 37.5 Å². The molecule has 4 N–H and O–H groups in total. The largest absolute Gasteiger partial charge is 1.00 e. The van der Waals surface area contributed by atoms with E-state index >= 15 is 0 Å². The fourth-order valence-electron chi connectivity index (χ4n) is 4.18. The molecule has 1 rings (SSSR count). The zero-order chi connectivity index (χ0) is 35.2. The topological polar surface area (TPSA) is 130 Å². The van der Waals surface area contributed by atoms with Crippen LogP contribution >= 0.6 is 0 Å². The highest BCUT2D eigenvalue weighted by atomic mass is 35.5. The number of quaternary nitrogens is 2. The molecule has 0 unspecified atom stereocenters. The SMILES string of the molecule is C=CC[N+](C)(C)C.C=CC[N+](C)(C)C.CCCCCCCC/C=C\CCCCCCCC(=O)[O-].OC[C@@H](O)[C@H]1OC[C@H](O)[C@H]1O.[Cl-]. The van der Waals surface area contributed by atoms with Gasteiger partial charge in [-0.2, -0.15) is 0 Å². The zero-order valence-corrected chi connectivity index (χ0v) is 31.3. The Bertz CT molecular complexity index is 704. The van der Waals surface area contributed by atoms with E-state index in [1.165, 1.54) is 64.2 Å². The Morgan fingerprint density at radius 2 is 1.24 bits per heavy atom. The number of aliphatic carboxylic acids is 1. The van der Waals surface area contributed by atoms with Crippen molar-refractivity contribution >= 4 is 5.97 Å². The van der Waals surface area contributed by atoms with Gasteiger partial charge in [-0.25, -0.2) is 0 Å². The molecular weight excluding hydrogens is 608 g/mol. The van der Waals surface area contributed by atoms with Crippen molar-refractivity contribution in [3.05, 3.63) is 37.5 Å². The molecule has 4 atom stereocenters. The molecular formula is C36H73ClN2O7. The van der Waals surface area contributed by atoms with Crippen molar-refractivity contribution in [3.63, 3.8) is 0 Å². The van der Waals surface area contributed by atoms with Crippen molar-refractivity contribution in [3.8, 4) is 0 Å². The molecule has 0 amide bonds. The van der Waals surface area contributed by atoms with Gasteiger partial charge in [-0.1, -0.05) is 83.6 Å². The molecule has 1 saturated heterocycles. The van der Waals surface area contributed by atoms with Crippen LogP contribution in [0, 0.1) is 0 Å². The normalized spacial score (nSPS) is 18.1. The number of nitrogens with zero attached hydrogens (tertiary/aromatic N) is 2. The molecule has 0 radical (unpaired) electrons. The van der Waals surface area contributed by atoms with Crippen LogP contribution in [-0.4, -0.2) is 128 Å². The van der Waals surface area contributed by atoms with Crippen LogP contribution in [0.4, 0.5) is 0 Å². The molecule has 9 nitrogen and oxygen atoms in total. The lowest BCUT2D eigenvalue weighted by Gasteiger charge is -2.21. The van der Waals surface area contributed by atoms with Crippen LogP contribution in [0.25, 0.3) is 0 Å². The molecule has 276 valence electrons. The van der Waals surface area contributed by atoms with Gasteiger partial charge in [0.25, 0.3) is 0 Å². The fraction of sp³-hybridized carbons (Fsp3) is 0.806. The summed E-state index contributed by atoms with van der Waals surface area (Å²) in [6.45, 7) is 11.1. The maximum Gasteiger partial charge on any atom is 0.114 e. The molecule has 0 saturated carbocycles. The Morgan fingerprint density at radius 3 is 1.54 bits per heavy atom. The molecule has 1 fully saturated rings. The van der Waals surface area contributed by atoms with Crippen LogP contribution in [0.5, 0.6) is 0 Å². The number of hydrogen-bond donors (Lipinski definition) is 4. The number of allylic oxidation sites excluding steroid dienone is 2. The van der Waals surface area contributed by atoms with Crippen LogP contribution in [0.2, 0.25) is 0 Å². The number of halogens is 1. The number of carboxylic acids is 1. The van der Waals surface area contributed by atoms with E-state index in [1.54, 1.807) is 0 Å². The highest BCUT2D eigenvalue weighted by molar-refractivity contribution is 5.64. The number of unbranched alkanes of at least 4 members (excludes halogenated alkanes) is 11. The summed E-state index contributed by atoms with van der Waals surface area (Å²) in [6.07, 6.45) is 20.7. The molecule has 1 aliphatic heterocycles. The van der Waals surface area contributed by atoms with Crippen molar-refractivity contribution in [2.45, 2.75) is 121 Å². The molecule has 10 heteroatoms. The molecule has 0 aromatic rings. The van der Waals surface area contributed by atoms with Gasteiger partial charge in [0.05, 0.1) is 68.6 Å². The van der Waals surface area contributed by atoms with Crippen molar-refractivity contribution in [2.24, 2.45) is 0 Å². The molecule has 1 heterocycles. The number of hydrogen-bond acceptors (Lipinski definition) is 7. The average Bonchev–Trinajstić information content (AvgIpc) is 3.27. The minimum Gasteiger partial charge on any atom is -1.00 e. The third kappa shape index (κ3) is 40.7. The van der Waals surface area contributed by atoms with E-state index in [4.69, 9.17) is 25.2 Å². The Labute approximate surface area is 289 Å². The number of carboxylic acid groups (broad SMARTS) is 1. The molecule has 46 heavy (non-hydrogen) atoms. The number of aliphatic hydroxyl groups excluding tert-OH is 4. The van der Waals surface area contributed by atoms with E-state index < -0.39 is 37.0 Å². The molecule has 0 aromatic carbocycles. The first-order valence-corrected chi connectivity index (χ1v) is 17.0. The van der Waals surface area contributed by atoms with Crippen molar-refractivity contribution in [1.82, 2.24) is 0 Å². The average molecular weight is 681 g/mol. The number of ether oxygens (including phenoxy) is 1. The summed E-state index contributed by atoms with van der Waals surface area (Å²) < 4.78 is 6.77. The maximum atomic E-state index is 10.2. The lowest BCUT2D eigenvalue weighted by molar-refractivity contribution is -0.864. The maximum absolute atomic E-state index is 10.2. The van der Waals surface area contributed by atoms with E-state index in [1.807, 2.05) is 12.2 Å². The van der Waals surface area contributed by atoms with Gasteiger partial charge in [0.15, 0.2) is 0 Å². The fourth-order valence-corrected chi connectivity index (χ4v) is 4.18. The number of aliphatic hydroxyl groups is 4. The van der Waals surface area contributed by atoms with E-state index in [-0.39, 0.29) is 25.4 Å². The van der Waals surface area contributed by atoms with Gasteiger partial charge in [0.1, 0.15) is 24.4 Å². The van der Waals surface area contributed by atoms with E-state index in [9.17, 15) is 9.90 Å². The van der Waals surface area contributed by atoms with Gasteiger partial charge in [-0.05, 0) is 50.7 Å². The van der Waals surface area contributed by atoms with E-state index in [0.29, 0.717) is 0 Å². The van der Waals surface area contributed by atoms with Gasteiger partial charge >= 0.3 is 0 Å². The smallest absolute Gasteiger partial charge is 0.114 e. The Hall–Kier alpha value is -1.30. The summed E-state index contributed by atoms with van der Waals surface area (Å²) in [4.78, 5) is 10.2. The number of carbonyl (C=O) groups is 1. The quantitative estimate of drug-likeness (QED) is 0.0809. The number of rotatable bonds is 21. The second-order valence-electron chi connectivity index (χ2n) is 13.8. The summed E-state index contributed by atoms with van der Waals surface area (Å²) in [7, 11) is 12.8. The molecule has 0 bridgehead atoms. The highest BCUT2D eigenvalue weighted by Crippen LogP contribution is 2.17. The molecule has 1 aliphatic rings. The molecule has 0 spiro atoms. The first-order valence-electron chi connectivity index (χ1n) is 17.0. The van der Waals surface area contributed by atoms with Crippen LogP contribution < -0.4 is 17.5 Å². The second kappa shape index (κ2) is 33.6. The van der Waals surface area contributed by atoms with Gasteiger partial charge in [-0.15, -0.1) is 0 Å². The van der Waals surface area contributed by atoms with Gasteiger partial charge < -0.3 is 56.4 Å². The predicted octanol–water partition coefficient (Wildman–Crippen LogP) is 0.995. The summed E-state index contributed by atoms with van der Waals surface area (Å²) >= 11 is 0. The number of likely N-dealkylation sites (N-methyl/N-ethyl adjacent to an activating group) is 2. The number of carbonyl (C=O) groups excluding carboxylic acids is 1. The van der Waals surface area contributed by atoms with Crippen molar-refractivity contribution in [2.75, 3.05) is 68.6 Å². The Kier molecular flexibility index (Phi) is 37.6. The van der Waals surface area contributed by atoms with Crippen LogP contribution in [0.1, 0.15) is 96.8 Å². The lowest BCUT2D eigenvalue weighted by Crippen LogP contribution is -3.00. The first-order chi connectivity index (χ1) is 21.1. The van der Waals surface area contributed by atoms with E-state index in [2.05, 4.69) is 74.5 Å². The van der Waals surface area contributed by atoms with Gasteiger partial charge in [-0.3, -0.25) is 0 Å². The second-order valence-corrected chi connectivity index (χ2v) is 13.8. The Morgan fingerprint density at radius 1 is 0.826 bits per heavy atom. The van der Waals surface area contributed by atoms with Gasteiger partial charge in [0, 0.05) is 5.97 Å². The van der Waals surface area contributed by atoms with Gasteiger partial charge in [0.2, 0.25) is 0 Å². The highest BCUT2D eigenvalue weighted by Gasteiger charge is 2.38. The molecule has 0 aliphatic carbocycles. The predicted molar refractivity (Wildman–Crippen MR) is 185 cm³/mol.